The highest BCUT2D eigenvalue weighted by atomic mass is 16.2. The maximum absolute atomic E-state index is 11.6. The molecule has 1 aliphatic heterocycles. The van der Waals surface area contributed by atoms with Crippen molar-refractivity contribution in [3.8, 4) is 0 Å². The Bertz CT molecular complexity index is 367. The number of amides is 2. The predicted octanol–water partition coefficient (Wildman–Crippen LogP) is 0.914. The maximum atomic E-state index is 11.6. The second-order valence-electron chi connectivity index (χ2n) is 6.97. The molecule has 0 aromatic heterocycles. The first-order chi connectivity index (χ1) is 8.63. The molecule has 18 heavy (non-hydrogen) atoms. The number of carbonyl (C=O) groups is 2. The van der Waals surface area contributed by atoms with Gasteiger partial charge in [0.1, 0.15) is 0 Å². The summed E-state index contributed by atoms with van der Waals surface area (Å²) >= 11 is 0. The van der Waals surface area contributed by atoms with E-state index in [1.54, 1.807) is 0 Å². The van der Waals surface area contributed by atoms with E-state index < -0.39 is 0 Å². The van der Waals surface area contributed by atoms with E-state index in [1.807, 2.05) is 0 Å². The summed E-state index contributed by atoms with van der Waals surface area (Å²) in [6.45, 7) is 0.857. The lowest BCUT2D eigenvalue weighted by atomic mass is 9.52. The fraction of sp³-hybridized carbons (Fsp3) is 0.857. The number of hydrogen-bond acceptors (Lipinski definition) is 3. The van der Waals surface area contributed by atoms with Crippen molar-refractivity contribution in [2.45, 2.75) is 44.1 Å². The Hall–Kier alpha value is -0.900. The SMILES string of the molecule is O=C1CN(C23CC4CC(CC(C4)C2)C3)CC(=O)N1. The predicted molar refractivity (Wildman–Crippen MR) is 65.6 cm³/mol. The molecule has 0 aromatic rings. The molecule has 5 aliphatic rings. The molecule has 4 nitrogen and oxygen atoms in total. The average molecular weight is 248 g/mol. The minimum Gasteiger partial charge on any atom is -0.294 e. The quantitative estimate of drug-likeness (QED) is 0.702. The van der Waals surface area contributed by atoms with Crippen molar-refractivity contribution in [3.05, 3.63) is 0 Å². The summed E-state index contributed by atoms with van der Waals surface area (Å²) in [6.07, 6.45) is 7.85. The van der Waals surface area contributed by atoms with Gasteiger partial charge in [0.2, 0.25) is 11.8 Å². The summed E-state index contributed by atoms with van der Waals surface area (Å²) < 4.78 is 0. The molecule has 5 rings (SSSR count). The van der Waals surface area contributed by atoms with Gasteiger partial charge in [-0.15, -0.1) is 0 Å². The molecule has 98 valence electrons. The van der Waals surface area contributed by atoms with Gasteiger partial charge in [-0.25, -0.2) is 0 Å². The van der Waals surface area contributed by atoms with Crippen molar-refractivity contribution in [2.24, 2.45) is 17.8 Å². The summed E-state index contributed by atoms with van der Waals surface area (Å²) in [5, 5.41) is 2.42. The van der Waals surface area contributed by atoms with Crippen molar-refractivity contribution >= 4 is 11.8 Å². The van der Waals surface area contributed by atoms with Gasteiger partial charge in [0, 0.05) is 5.54 Å². The molecule has 1 saturated heterocycles. The molecule has 4 bridgehead atoms. The second kappa shape index (κ2) is 3.56. The smallest absolute Gasteiger partial charge is 0.240 e. The van der Waals surface area contributed by atoms with E-state index in [1.165, 1.54) is 38.5 Å². The molecule has 4 heteroatoms. The zero-order valence-electron chi connectivity index (χ0n) is 10.7. The number of nitrogens with one attached hydrogen (secondary N) is 1. The first-order valence-electron chi connectivity index (χ1n) is 7.21. The first kappa shape index (κ1) is 11.0. The summed E-state index contributed by atoms with van der Waals surface area (Å²) in [4.78, 5) is 25.4. The van der Waals surface area contributed by atoms with Gasteiger partial charge in [-0.1, -0.05) is 0 Å². The highest BCUT2D eigenvalue weighted by molar-refractivity contribution is 5.99. The molecule has 1 N–H and O–H groups in total. The molecule has 0 unspecified atom stereocenters. The fourth-order valence-electron chi connectivity index (χ4n) is 5.42. The second-order valence-corrected chi connectivity index (χ2v) is 6.97. The Morgan fingerprint density at radius 2 is 1.33 bits per heavy atom. The molecule has 4 saturated carbocycles. The van der Waals surface area contributed by atoms with Crippen LogP contribution in [-0.2, 0) is 9.59 Å². The zero-order valence-corrected chi connectivity index (χ0v) is 10.7. The van der Waals surface area contributed by atoms with Crippen LogP contribution in [0.5, 0.6) is 0 Å². The Labute approximate surface area is 107 Å². The van der Waals surface area contributed by atoms with E-state index in [4.69, 9.17) is 0 Å². The number of carbonyl (C=O) groups excluding carboxylic acids is 2. The van der Waals surface area contributed by atoms with E-state index in [-0.39, 0.29) is 17.4 Å². The summed E-state index contributed by atoms with van der Waals surface area (Å²) in [5.74, 6) is 2.35. The van der Waals surface area contributed by atoms with Gasteiger partial charge in [0.05, 0.1) is 13.1 Å². The largest absolute Gasteiger partial charge is 0.294 e. The minimum atomic E-state index is -0.109. The number of nitrogens with zero attached hydrogens (tertiary/aromatic N) is 1. The lowest BCUT2D eigenvalue weighted by Gasteiger charge is -2.60. The summed E-state index contributed by atoms with van der Waals surface area (Å²) in [6, 6.07) is 0. The van der Waals surface area contributed by atoms with Gasteiger partial charge in [-0.3, -0.25) is 19.8 Å². The molecule has 0 atom stereocenters. The number of imide groups is 1. The Kier molecular flexibility index (Phi) is 2.17. The molecular formula is C14H20N2O2. The standard InChI is InChI=1S/C14H20N2O2/c17-12-7-16(8-13(18)15-12)14-4-9-1-10(5-14)3-11(2-9)6-14/h9-11H,1-8H2,(H,15,17,18). The summed E-state index contributed by atoms with van der Waals surface area (Å²) in [5.41, 5.74) is 0.183. The van der Waals surface area contributed by atoms with Crippen LogP contribution < -0.4 is 5.32 Å². The van der Waals surface area contributed by atoms with Gasteiger partial charge in [0.15, 0.2) is 0 Å². The Balaban J connectivity index is 1.63. The monoisotopic (exact) mass is 248 g/mol. The van der Waals surface area contributed by atoms with E-state index in [0.29, 0.717) is 13.1 Å². The van der Waals surface area contributed by atoms with Crippen molar-refractivity contribution in [3.63, 3.8) is 0 Å². The van der Waals surface area contributed by atoms with Gasteiger partial charge >= 0.3 is 0 Å². The molecule has 1 heterocycles. The van der Waals surface area contributed by atoms with E-state index in [2.05, 4.69) is 10.2 Å². The molecule has 0 radical (unpaired) electrons. The number of rotatable bonds is 1. The molecule has 4 aliphatic carbocycles. The maximum Gasteiger partial charge on any atom is 0.240 e. The van der Waals surface area contributed by atoms with Crippen molar-refractivity contribution < 1.29 is 9.59 Å². The average Bonchev–Trinajstić information content (AvgIpc) is 2.25. The topological polar surface area (TPSA) is 49.4 Å². The van der Waals surface area contributed by atoms with Gasteiger partial charge in [-0.05, 0) is 56.3 Å². The molecular weight excluding hydrogens is 228 g/mol. The Morgan fingerprint density at radius 3 is 1.78 bits per heavy atom. The minimum absolute atomic E-state index is 0.109. The Morgan fingerprint density at radius 1 is 0.889 bits per heavy atom. The highest BCUT2D eigenvalue weighted by Crippen LogP contribution is 2.57. The lowest BCUT2D eigenvalue weighted by Crippen LogP contribution is -2.65. The van der Waals surface area contributed by atoms with Crippen LogP contribution in [0, 0.1) is 17.8 Å². The normalized spacial score (nSPS) is 47.4. The van der Waals surface area contributed by atoms with Crippen LogP contribution in [0.4, 0.5) is 0 Å². The third-order valence-corrected chi connectivity index (χ3v) is 5.62. The van der Waals surface area contributed by atoms with Crippen LogP contribution in [0.3, 0.4) is 0 Å². The van der Waals surface area contributed by atoms with Gasteiger partial charge < -0.3 is 0 Å². The van der Waals surface area contributed by atoms with Crippen LogP contribution in [-0.4, -0.2) is 35.3 Å². The van der Waals surface area contributed by atoms with E-state index in [9.17, 15) is 9.59 Å². The third-order valence-electron chi connectivity index (χ3n) is 5.62. The number of piperazine rings is 1. The molecule has 0 spiro atoms. The fourth-order valence-corrected chi connectivity index (χ4v) is 5.42. The van der Waals surface area contributed by atoms with E-state index >= 15 is 0 Å². The zero-order chi connectivity index (χ0) is 12.3. The van der Waals surface area contributed by atoms with Crippen LogP contribution in [0.15, 0.2) is 0 Å². The van der Waals surface area contributed by atoms with Gasteiger partial charge in [-0.2, -0.15) is 0 Å². The van der Waals surface area contributed by atoms with Crippen LogP contribution >= 0.6 is 0 Å². The third kappa shape index (κ3) is 1.54. The first-order valence-corrected chi connectivity index (χ1v) is 7.21. The molecule has 2 amide bonds. The number of hydrogen-bond donors (Lipinski definition) is 1. The highest BCUT2D eigenvalue weighted by Gasteiger charge is 2.54. The van der Waals surface area contributed by atoms with Crippen LogP contribution in [0.2, 0.25) is 0 Å². The molecule has 5 fully saturated rings. The summed E-state index contributed by atoms with van der Waals surface area (Å²) in [7, 11) is 0. The van der Waals surface area contributed by atoms with Gasteiger partial charge in [0.25, 0.3) is 0 Å². The van der Waals surface area contributed by atoms with Crippen molar-refractivity contribution in [1.29, 1.82) is 0 Å². The van der Waals surface area contributed by atoms with Crippen molar-refractivity contribution in [1.82, 2.24) is 10.2 Å². The lowest BCUT2D eigenvalue weighted by molar-refractivity contribution is -0.147. The van der Waals surface area contributed by atoms with E-state index in [0.717, 1.165) is 17.8 Å². The van der Waals surface area contributed by atoms with Crippen molar-refractivity contribution in [2.75, 3.05) is 13.1 Å². The molecule has 0 aromatic carbocycles. The van der Waals surface area contributed by atoms with Crippen LogP contribution in [0.1, 0.15) is 38.5 Å². The van der Waals surface area contributed by atoms with Crippen LogP contribution in [0.25, 0.3) is 0 Å².